The molecule has 0 amide bonds. The zero-order valence-electron chi connectivity index (χ0n) is 11.5. The van der Waals surface area contributed by atoms with Crippen LogP contribution in [-0.4, -0.2) is 31.7 Å². The van der Waals surface area contributed by atoms with Crippen LogP contribution in [0.3, 0.4) is 0 Å². The Labute approximate surface area is 135 Å². The third-order valence-corrected chi connectivity index (χ3v) is 4.72. The summed E-state index contributed by atoms with van der Waals surface area (Å²) in [6.07, 6.45) is 0. The van der Waals surface area contributed by atoms with Crippen molar-refractivity contribution < 1.29 is 39.5 Å². The Morgan fingerprint density at radius 1 is 0.750 bits per heavy atom. The number of carbonyl (C=O) groups is 1. The Morgan fingerprint density at radius 3 is 1.33 bits per heavy atom. The van der Waals surface area contributed by atoms with Gasteiger partial charge in [0.1, 0.15) is 21.4 Å². The standard InChI is InChI=1S/C13H8F2O7S2/c14-9-5-7(1-3-11(9)23(17,18)19)13(16)8-2-4-12(10(15)6-8)24(20,21)22/h1-6H,(H,17,18,19)(H,20,21,22). The van der Waals surface area contributed by atoms with Gasteiger partial charge >= 0.3 is 0 Å². The molecule has 2 aromatic carbocycles. The van der Waals surface area contributed by atoms with Gasteiger partial charge in [0.05, 0.1) is 0 Å². The highest BCUT2D eigenvalue weighted by molar-refractivity contribution is 7.86. The van der Waals surface area contributed by atoms with Crippen LogP contribution in [0, 0.1) is 11.6 Å². The molecule has 7 nitrogen and oxygen atoms in total. The highest BCUT2D eigenvalue weighted by atomic mass is 32.2. The fourth-order valence-corrected chi connectivity index (χ4v) is 2.96. The fourth-order valence-electron chi connectivity index (χ4n) is 1.87. The average molecular weight is 378 g/mol. The summed E-state index contributed by atoms with van der Waals surface area (Å²) in [6, 6.07) is 4.15. The van der Waals surface area contributed by atoms with Crippen molar-refractivity contribution in [2.75, 3.05) is 0 Å². The second-order valence-corrected chi connectivity index (χ2v) is 7.35. The van der Waals surface area contributed by atoms with Gasteiger partial charge < -0.3 is 0 Å². The van der Waals surface area contributed by atoms with E-state index in [1.54, 1.807) is 0 Å². The lowest BCUT2D eigenvalue weighted by molar-refractivity contribution is 0.103. The molecule has 0 radical (unpaired) electrons. The molecule has 0 saturated heterocycles. The third kappa shape index (κ3) is 3.64. The van der Waals surface area contributed by atoms with Gasteiger partial charge in [-0.05, 0) is 36.4 Å². The number of carbonyl (C=O) groups excluding carboxylic acids is 1. The minimum Gasteiger partial charge on any atom is -0.289 e. The summed E-state index contributed by atoms with van der Waals surface area (Å²) in [5.41, 5.74) is -0.724. The lowest BCUT2D eigenvalue weighted by Crippen LogP contribution is -2.08. The molecule has 0 fully saturated rings. The maximum Gasteiger partial charge on any atom is 0.297 e. The maximum atomic E-state index is 13.6. The zero-order valence-corrected chi connectivity index (χ0v) is 13.1. The molecule has 0 unspecified atom stereocenters. The van der Waals surface area contributed by atoms with E-state index < -0.39 is 47.4 Å². The smallest absolute Gasteiger partial charge is 0.289 e. The molecule has 2 N–H and O–H groups in total. The molecule has 0 aliphatic rings. The minimum absolute atomic E-state index is 0.362. The van der Waals surface area contributed by atoms with Gasteiger partial charge in [-0.1, -0.05) is 0 Å². The quantitative estimate of drug-likeness (QED) is 0.612. The molecule has 0 heterocycles. The van der Waals surface area contributed by atoms with Gasteiger partial charge in [-0.25, -0.2) is 8.78 Å². The maximum absolute atomic E-state index is 13.6. The van der Waals surface area contributed by atoms with Gasteiger partial charge in [-0.15, -0.1) is 0 Å². The number of halogens is 2. The molecule has 0 aromatic heterocycles. The van der Waals surface area contributed by atoms with Gasteiger partial charge in [-0.2, -0.15) is 16.8 Å². The molecule has 0 bridgehead atoms. The Morgan fingerprint density at radius 2 is 1.08 bits per heavy atom. The van der Waals surface area contributed by atoms with Crippen LogP contribution in [0.4, 0.5) is 8.78 Å². The van der Waals surface area contributed by atoms with Crippen molar-refractivity contribution in [3.63, 3.8) is 0 Å². The molecule has 2 rings (SSSR count). The fraction of sp³-hybridized carbons (Fsp3) is 0. The van der Waals surface area contributed by atoms with Gasteiger partial charge in [0, 0.05) is 11.1 Å². The van der Waals surface area contributed by atoms with Gasteiger partial charge in [0.15, 0.2) is 5.78 Å². The zero-order chi connectivity index (χ0) is 18.3. The molecule has 0 saturated carbocycles. The lowest BCUT2D eigenvalue weighted by Gasteiger charge is -2.06. The van der Waals surface area contributed by atoms with Crippen molar-refractivity contribution in [1.82, 2.24) is 0 Å². The monoisotopic (exact) mass is 378 g/mol. The van der Waals surface area contributed by atoms with Crippen LogP contribution in [0.25, 0.3) is 0 Å². The van der Waals surface area contributed by atoms with Crippen LogP contribution in [0.2, 0.25) is 0 Å². The van der Waals surface area contributed by atoms with E-state index in [4.69, 9.17) is 9.11 Å². The summed E-state index contributed by atoms with van der Waals surface area (Å²) < 4.78 is 88.4. The number of hydrogen-bond donors (Lipinski definition) is 2. The van der Waals surface area contributed by atoms with E-state index in [0.717, 1.165) is 12.1 Å². The Hall–Kier alpha value is -2.21. The first-order valence-corrected chi connectivity index (χ1v) is 8.88. The van der Waals surface area contributed by atoms with Crippen LogP contribution in [0.15, 0.2) is 46.2 Å². The van der Waals surface area contributed by atoms with Crippen molar-refractivity contribution >= 4 is 26.0 Å². The molecule has 0 spiro atoms. The van der Waals surface area contributed by atoms with E-state index >= 15 is 0 Å². The highest BCUT2D eigenvalue weighted by Gasteiger charge is 2.21. The van der Waals surface area contributed by atoms with E-state index in [0.29, 0.717) is 24.3 Å². The predicted molar refractivity (Wildman–Crippen MR) is 75.9 cm³/mol. The highest BCUT2D eigenvalue weighted by Crippen LogP contribution is 2.21. The number of ketones is 1. The van der Waals surface area contributed by atoms with Crippen LogP contribution in [-0.2, 0) is 20.2 Å². The summed E-state index contributed by atoms with van der Waals surface area (Å²) in [7, 11) is -9.62. The van der Waals surface area contributed by atoms with Gasteiger partial charge in [-0.3, -0.25) is 13.9 Å². The Balaban J connectivity index is 2.47. The van der Waals surface area contributed by atoms with E-state index in [1.165, 1.54) is 0 Å². The first-order chi connectivity index (χ1) is 10.9. The first-order valence-electron chi connectivity index (χ1n) is 6.00. The van der Waals surface area contributed by atoms with Crippen molar-refractivity contribution in [3.8, 4) is 0 Å². The van der Waals surface area contributed by atoms with E-state index in [9.17, 15) is 30.4 Å². The molecule has 0 aliphatic carbocycles. The van der Waals surface area contributed by atoms with Crippen molar-refractivity contribution in [2.45, 2.75) is 9.79 Å². The van der Waals surface area contributed by atoms with E-state index in [2.05, 4.69) is 0 Å². The summed E-state index contributed by atoms with van der Waals surface area (Å²) in [5, 5.41) is 0. The van der Waals surface area contributed by atoms with Crippen molar-refractivity contribution in [1.29, 1.82) is 0 Å². The first kappa shape index (κ1) is 18.1. The Bertz CT molecular complexity index is 960. The Kier molecular flexibility index (Phi) is 4.55. The minimum atomic E-state index is -4.81. The molecular weight excluding hydrogens is 370 g/mol. The van der Waals surface area contributed by atoms with Gasteiger partial charge in [0.25, 0.3) is 20.2 Å². The van der Waals surface area contributed by atoms with Crippen LogP contribution < -0.4 is 0 Å². The second-order valence-electron chi connectivity index (χ2n) is 4.57. The molecule has 0 aliphatic heterocycles. The summed E-state index contributed by atoms with van der Waals surface area (Å²) in [4.78, 5) is 10.0. The van der Waals surface area contributed by atoms with Crippen LogP contribution in [0.5, 0.6) is 0 Å². The molecule has 128 valence electrons. The third-order valence-electron chi connectivity index (χ3n) is 2.94. The second kappa shape index (κ2) is 6.02. The summed E-state index contributed by atoms with van der Waals surface area (Å²) >= 11 is 0. The van der Waals surface area contributed by atoms with Gasteiger partial charge in [0.2, 0.25) is 0 Å². The normalized spacial score (nSPS) is 12.2. The van der Waals surface area contributed by atoms with E-state index in [-0.39, 0.29) is 11.1 Å². The number of hydrogen-bond acceptors (Lipinski definition) is 5. The number of benzene rings is 2. The molecule has 2 aromatic rings. The van der Waals surface area contributed by atoms with Crippen LogP contribution in [0.1, 0.15) is 15.9 Å². The summed E-state index contributed by atoms with van der Waals surface area (Å²) in [5.74, 6) is -3.71. The lowest BCUT2D eigenvalue weighted by atomic mass is 10.0. The summed E-state index contributed by atoms with van der Waals surface area (Å²) in [6.45, 7) is 0. The SMILES string of the molecule is O=C(c1ccc(S(=O)(=O)O)c(F)c1)c1ccc(S(=O)(=O)O)c(F)c1. The van der Waals surface area contributed by atoms with Crippen molar-refractivity contribution in [3.05, 3.63) is 59.2 Å². The average Bonchev–Trinajstić information content (AvgIpc) is 2.43. The largest absolute Gasteiger partial charge is 0.297 e. The number of rotatable bonds is 4. The van der Waals surface area contributed by atoms with Crippen molar-refractivity contribution in [2.24, 2.45) is 0 Å². The van der Waals surface area contributed by atoms with E-state index in [1.807, 2.05) is 0 Å². The molecule has 11 heteroatoms. The predicted octanol–water partition coefficient (Wildman–Crippen LogP) is 1.69. The molecule has 24 heavy (non-hydrogen) atoms. The topological polar surface area (TPSA) is 126 Å². The van der Waals surface area contributed by atoms with Crippen LogP contribution >= 0.6 is 0 Å². The molecule has 0 atom stereocenters. The molecular formula is C13H8F2O7S2.